The van der Waals surface area contributed by atoms with E-state index in [2.05, 4.69) is 18.8 Å². The van der Waals surface area contributed by atoms with Gasteiger partial charge in [-0.25, -0.2) is 4.98 Å². The van der Waals surface area contributed by atoms with Gasteiger partial charge in [0.1, 0.15) is 4.88 Å². The van der Waals surface area contributed by atoms with Crippen LogP contribution in [0.1, 0.15) is 34.9 Å². The minimum atomic E-state index is -0.713. The van der Waals surface area contributed by atoms with E-state index in [4.69, 9.17) is 0 Å². The second kappa shape index (κ2) is 4.98. The number of amides is 1. The molecule has 0 saturated carbocycles. The lowest BCUT2D eigenvalue weighted by molar-refractivity contribution is 0.0751. The zero-order valence-electron chi connectivity index (χ0n) is 11.2. The second-order valence-electron chi connectivity index (χ2n) is 5.73. The van der Waals surface area contributed by atoms with Crippen molar-refractivity contribution in [3.8, 4) is 0 Å². The van der Waals surface area contributed by atoms with Crippen molar-refractivity contribution in [3.05, 3.63) is 16.1 Å². The Morgan fingerprint density at radius 1 is 1.63 bits per heavy atom. The Hall–Kier alpha value is -0.750. The van der Waals surface area contributed by atoms with Crippen LogP contribution in [0.2, 0.25) is 0 Å². The van der Waals surface area contributed by atoms with Crippen molar-refractivity contribution in [3.63, 3.8) is 0 Å². The molecule has 1 aromatic rings. The van der Waals surface area contributed by atoms with E-state index in [1.807, 2.05) is 4.90 Å². The maximum absolute atomic E-state index is 12.4. The number of likely N-dealkylation sites (tertiary alicyclic amines) is 1. The highest BCUT2D eigenvalue weighted by Gasteiger charge is 2.45. The molecule has 1 amide bonds. The average molecular weight is 298 g/mol. The Morgan fingerprint density at radius 2 is 2.42 bits per heavy atom. The van der Waals surface area contributed by atoms with E-state index in [1.165, 1.54) is 11.3 Å². The zero-order valence-corrected chi connectivity index (χ0v) is 12.8. The number of rotatable bonds is 3. The van der Waals surface area contributed by atoms with E-state index in [0.29, 0.717) is 18.2 Å². The highest BCUT2D eigenvalue weighted by atomic mass is 32.2. The van der Waals surface area contributed by atoms with Gasteiger partial charge in [-0.2, -0.15) is 0 Å². The minimum Gasteiger partial charge on any atom is -0.333 e. The number of fused-ring (bicyclic) bond motifs is 2. The molecule has 0 spiro atoms. The Morgan fingerprint density at radius 3 is 3.00 bits per heavy atom. The lowest BCUT2D eigenvalue weighted by atomic mass is 10.1. The quantitative estimate of drug-likeness (QED) is 0.853. The third kappa shape index (κ3) is 2.48. The Bertz CT molecular complexity index is 526. The van der Waals surface area contributed by atoms with Crippen molar-refractivity contribution in [1.82, 2.24) is 9.88 Å². The van der Waals surface area contributed by atoms with Gasteiger partial charge < -0.3 is 4.90 Å². The van der Waals surface area contributed by atoms with Crippen molar-refractivity contribution < 1.29 is 9.00 Å². The lowest BCUT2D eigenvalue weighted by Crippen LogP contribution is -2.42. The molecule has 4 nitrogen and oxygen atoms in total. The van der Waals surface area contributed by atoms with Crippen molar-refractivity contribution in [1.29, 1.82) is 0 Å². The van der Waals surface area contributed by atoms with Crippen LogP contribution in [0.5, 0.6) is 0 Å². The maximum atomic E-state index is 12.4. The largest absolute Gasteiger partial charge is 0.333 e. The van der Waals surface area contributed by atoms with Crippen LogP contribution < -0.4 is 0 Å². The average Bonchev–Trinajstić information content (AvgIpc) is 3.01. The normalized spacial score (nSPS) is 29.4. The predicted octanol–water partition coefficient (Wildman–Crippen LogP) is 1.69. The van der Waals surface area contributed by atoms with Crippen LogP contribution in [0.15, 0.2) is 6.20 Å². The van der Waals surface area contributed by atoms with Crippen LogP contribution in [0, 0.1) is 5.92 Å². The van der Waals surface area contributed by atoms with Gasteiger partial charge in [0.15, 0.2) is 0 Å². The molecule has 0 N–H and O–H groups in total. The van der Waals surface area contributed by atoms with E-state index >= 15 is 0 Å². The standard InChI is InChI=1S/C13H18N2O2S2/c1-8(2)3-12-14-5-11(18-12)13(16)15-6-10-4-9(15)7-19(10)17/h5,8-10H,3-4,6-7H2,1-2H3/t9-,10-,19?/m0/s1. The third-order valence-corrected chi connectivity index (χ3v) is 6.52. The van der Waals surface area contributed by atoms with E-state index < -0.39 is 10.8 Å². The highest BCUT2D eigenvalue weighted by molar-refractivity contribution is 7.86. The lowest BCUT2D eigenvalue weighted by Gasteiger charge is -2.25. The number of aromatic nitrogens is 1. The maximum Gasteiger partial charge on any atom is 0.265 e. The SMILES string of the molecule is CC(C)Cc1ncc(C(=O)N2C[C@@H]3C[C@H]2CS3=O)s1. The first-order chi connectivity index (χ1) is 9.04. The van der Waals surface area contributed by atoms with Crippen LogP contribution in [0.3, 0.4) is 0 Å². The molecule has 3 rings (SSSR count). The second-order valence-corrected chi connectivity index (χ2v) is 8.61. The fraction of sp³-hybridized carbons (Fsp3) is 0.692. The smallest absolute Gasteiger partial charge is 0.265 e. The molecule has 3 heterocycles. The summed E-state index contributed by atoms with van der Waals surface area (Å²) >= 11 is 1.51. The van der Waals surface area contributed by atoms with Crippen LogP contribution in [-0.2, 0) is 17.2 Å². The van der Waals surface area contributed by atoms with E-state index in [9.17, 15) is 9.00 Å². The number of hydrogen-bond donors (Lipinski definition) is 0. The van der Waals surface area contributed by atoms with Gasteiger partial charge in [-0.1, -0.05) is 13.8 Å². The number of thiazole rings is 1. The molecule has 1 aromatic heterocycles. The predicted molar refractivity (Wildman–Crippen MR) is 76.9 cm³/mol. The van der Waals surface area contributed by atoms with Gasteiger partial charge in [0.05, 0.1) is 16.5 Å². The molecular weight excluding hydrogens is 280 g/mol. The molecule has 2 fully saturated rings. The molecule has 19 heavy (non-hydrogen) atoms. The van der Waals surface area contributed by atoms with Gasteiger partial charge in [0.25, 0.3) is 5.91 Å². The summed E-state index contributed by atoms with van der Waals surface area (Å²) < 4.78 is 11.6. The van der Waals surface area contributed by atoms with Gasteiger partial charge in [-0.05, 0) is 12.3 Å². The first-order valence-electron chi connectivity index (χ1n) is 6.67. The molecule has 0 radical (unpaired) electrons. The van der Waals surface area contributed by atoms with Crippen molar-refractivity contribution >= 4 is 28.0 Å². The number of nitrogens with zero attached hydrogens (tertiary/aromatic N) is 2. The molecule has 0 aliphatic carbocycles. The summed E-state index contributed by atoms with van der Waals surface area (Å²) in [7, 11) is -0.713. The Labute approximate surface area is 119 Å². The molecular formula is C13H18N2O2S2. The summed E-state index contributed by atoms with van der Waals surface area (Å²) in [4.78, 5) is 19.4. The summed E-state index contributed by atoms with van der Waals surface area (Å²) in [6.45, 7) is 4.96. The van der Waals surface area contributed by atoms with Gasteiger partial charge in [-0.3, -0.25) is 9.00 Å². The molecule has 2 aliphatic rings. The topological polar surface area (TPSA) is 50.3 Å². The summed E-state index contributed by atoms with van der Waals surface area (Å²) in [5, 5.41) is 1.24. The van der Waals surface area contributed by atoms with Crippen molar-refractivity contribution in [2.75, 3.05) is 12.3 Å². The van der Waals surface area contributed by atoms with E-state index in [1.54, 1.807) is 6.20 Å². The molecule has 0 aromatic carbocycles. The molecule has 2 aliphatic heterocycles. The van der Waals surface area contributed by atoms with Crippen molar-refractivity contribution in [2.45, 2.75) is 38.0 Å². The van der Waals surface area contributed by atoms with Gasteiger partial charge in [0.2, 0.25) is 0 Å². The van der Waals surface area contributed by atoms with Gasteiger partial charge in [0, 0.05) is 35.6 Å². The van der Waals surface area contributed by atoms with E-state index in [-0.39, 0.29) is 17.2 Å². The summed E-state index contributed by atoms with van der Waals surface area (Å²) in [6.07, 6.45) is 3.54. The first kappa shape index (κ1) is 13.2. The number of carbonyl (C=O) groups is 1. The summed E-state index contributed by atoms with van der Waals surface area (Å²) in [5.74, 6) is 1.30. The summed E-state index contributed by atoms with van der Waals surface area (Å²) in [6, 6.07) is 0.189. The van der Waals surface area contributed by atoms with Crippen LogP contribution in [0.4, 0.5) is 0 Å². The van der Waals surface area contributed by atoms with Crippen molar-refractivity contribution in [2.24, 2.45) is 5.92 Å². The number of carbonyl (C=O) groups excluding carboxylic acids is 1. The fourth-order valence-electron chi connectivity index (χ4n) is 2.79. The van der Waals surface area contributed by atoms with E-state index in [0.717, 1.165) is 22.7 Å². The van der Waals surface area contributed by atoms with Crippen LogP contribution >= 0.6 is 11.3 Å². The monoisotopic (exact) mass is 298 g/mol. The Balaban J connectivity index is 1.71. The third-order valence-electron chi connectivity index (χ3n) is 3.71. The zero-order chi connectivity index (χ0) is 13.6. The van der Waals surface area contributed by atoms with Crippen LogP contribution in [0.25, 0.3) is 0 Å². The number of hydrogen-bond acceptors (Lipinski definition) is 4. The minimum absolute atomic E-state index is 0.0803. The molecule has 2 saturated heterocycles. The molecule has 1 unspecified atom stereocenters. The molecule has 3 atom stereocenters. The molecule has 2 bridgehead atoms. The first-order valence-corrected chi connectivity index (χ1v) is 8.87. The van der Waals surface area contributed by atoms with Gasteiger partial charge in [-0.15, -0.1) is 11.3 Å². The van der Waals surface area contributed by atoms with Crippen LogP contribution in [-0.4, -0.2) is 43.6 Å². The summed E-state index contributed by atoms with van der Waals surface area (Å²) in [5.41, 5.74) is 0. The molecule has 104 valence electrons. The highest BCUT2D eigenvalue weighted by Crippen LogP contribution is 2.32. The molecule has 6 heteroatoms. The van der Waals surface area contributed by atoms with Gasteiger partial charge >= 0.3 is 0 Å². The fourth-order valence-corrected chi connectivity index (χ4v) is 5.61. The Kier molecular flexibility index (Phi) is 3.47.